The van der Waals surface area contributed by atoms with Gasteiger partial charge in [-0.25, -0.2) is 0 Å². The van der Waals surface area contributed by atoms with Crippen LogP contribution in [-0.2, 0) is 4.79 Å². The van der Waals surface area contributed by atoms with E-state index in [2.05, 4.69) is 6.58 Å². The van der Waals surface area contributed by atoms with Crippen molar-refractivity contribution in [1.82, 2.24) is 0 Å². The van der Waals surface area contributed by atoms with E-state index in [0.29, 0.717) is 12.8 Å². The molecule has 0 unspecified atom stereocenters. The van der Waals surface area contributed by atoms with Crippen molar-refractivity contribution in [2.45, 2.75) is 26.7 Å². The Bertz CT molecular complexity index is 192. The summed E-state index contributed by atoms with van der Waals surface area (Å²) in [6.45, 7) is 7.17. The van der Waals surface area contributed by atoms with Crippen LogP contribution >= 0.6 is 0 Å². The van der Waals surface area contributed by atoms with Gasteiger partial charge in [-0.3, -0.25) is 4.79 Å². The summed E-state index contributed by atoms with van der Waals surface area (Å²) < 4.78 is 0. The predicted octanol–water partition coefficient (Wildman–Crippen LogP) is 1.77. The van der Waals surface area contributed by atoms with E-state index in [9.17, 15) is 4.79 Å². The molecule has 0 amide bonds. The summed E-state index contributed by atoms with van der Waals surface area (Å²) in [6.07, 6.45) is 2.86. The van der Waals surface area contributed by atoms with Gasteiger partial charge in [-0.2, -0.15) is 0 Å². The molecule has 0 aliphatic carbocycles. The maximum atomic E-state index is 10.5. The molecule has 0 spiro atoms. The van der Waals surface area contributed by atoms with Gasteiger partial charge in [0.15, 0.2) is 0 Å². The third-order valence-electron chi connectivity index (χ3n) is 1.16. The van der Waals surface area contributed by atoms with Gasteiger partial charge >= 0.3 is 0 Å². The zero-order chi connectivity index (χ0) is 8.85. The van der Waals surface area contributed by atoms with E-state index in [4.69, 9.17) is 5.73 Å². The third kappa shape index (κ3) is 6.84. The smallest absolute Gasteiger partial charge is 0.133 e. The Labute approximate surface area is 67.8 Å². The SMILES string of the molecule is C=C(C)C/C(N)=C\CC(C)=O. The molecule has 0 aliphatic rings. The summed E-state index contributed by atoms with van der Waals surface area (Å²) in [7, 11) is 0. The maximum absolute atomic E-state index is 10.5. The molecule has 0 atom stereocenters. The van der Waals surface area contributed by atoms with Crippen molar-refractivity contribution >= 4 is 5.78 Å². The lowest BCUT2D eigenvalue weighted by Gasteiger charge is -1.98. The van der Waals surface area contributed by atoms with E-state index in [-0.39, 0.29) is 5.78 Å². The van der Waals surface area contributed by atoms with Crippen molar-refractivity contribution < 1.29 is 4.79 Å². The van der Waals surface area contributed by atoms with Crippen molar-refractivity contribution in [1.29, 1.82) is 0 Å². The molecule has 0 rings (SSSR count). The second-order valence-electron chi connectivity index (χ2n) is 2.82. The van der Waals surface area contributed by atoms with Crippen LogP contribution in [0.5, 0.6) is 0 Å². The standard InChI is InChI=1S/C9H15NO/c1-7(2)6-9(10)5-4-8(3)11/h5H,1,4,6,10H2,2-3H3/b9-5+. The highest BCUT2D eigenvalue weighted by Crippen LogP contribution is 2.03. The summed E-state index contributed by atoms with van der Waals surface area (Å²) in [5.41, 5.74) is 7.32. The number of nitrogens with two attached hydrogens (primary N) is 1. The number of hydrogen-bond acceptors (Lipinski definition) is 2. The Morgan fingerprint density at radius 3 is 2.45 bits per heavy atom. The molecule has 0 fully saturated rings. The van der Waals surface area contributed by atoms with Gasteiger partial charge in [0.2, 0.25) is 0 Å². The summed E-state index contributed by atoms with van der Waals surface area (Å²) in [5.74, 6) is 0.134. The summed E-state index contributed by atoms with van der Waals surface area (Å²) >= 11 is 0. The third-order valence-corrected chi connectivity index (χ3v) is 1.16. The maximum Gasteiger partial charge on any atom is 0.133 e. The molecule has 0 aromatic heterocycles. The van der Waals surface area contributed by atoms with Crippen molar-refractivity contribution in [3.63, 3.8) is 0 Å². The molecule has 2 N–H and O–H groups in total. The highest BCUT2D eigenvalue weighted by molar-refractivity contribution is 5.77. The van der Waals surface area contributed by atoms with Gasteiger partial charge in [0.1, 0.15) is 5.78 Å². The van der Waals surface area contributed by atoms with Gasteiger partial charge in [-0.15, -0.1) is 0 Å². The monoisotopic (exact) mass is 153 g/mol. The van der Waals surface area contributed by atoms with E-state index in [1.807, 2.05) is 6.92 Å². The molecule has 0 saturated carbocycles. The molecular formula is C9H15NO. The molecule has 2 heteroatoms. The number of carbonyl (C=O) groups is 1. The van der Waals surface area contributed by atoms with Crippen LogP contribution in [0.4, 0.5) is 0 Å². The fourth-order valence-electron chi connectivity index (χ4n) is 0.695. The highest BCUT2D eigenvalue weighted by Gasteiger charge is 1.92. The summed E-state index contributed by atoms with van der Waals surface area (Å²) in [6, 6.07) is 0. The van der Waals surface area contributed by atoms with Crippen LogP contribution in [-0.4, -0.2) is 5.78 Å². The Balaban J connectivity index is 3.81. The minimum atomic E-state index is 0.134. The van der Waals surface area contributed by atoms with Gasteiger partial charge in [0.05, 0.1) is 0 Å². The molecule has 0 aromatic carbocycles. The van der Waals surface area contributed by atoms with Gasteiger partial charge in [0, 0.05) is 18.5 Å². The molecule has 0 heterocycles. The molecule has 0 aliphatic heterocycles. The van der Waals surface area contributed by atoms with E-state index >= 15 is 0 Å². The molecule has 11 heavy (non-hydrogen) atoms. The van der Waals surface area contributed by atoms with Crippen LogP contribution in [0.2, 0.25) is 0 Å². The molecule has 0 aromatic rings. The van der Waals surface area contributed by atoms with Crippen LogP contribution in [0.25, 0.3) is 0 Å². The first-order valence-corrected chi connectivity index (χ1v) is 3.60. The lowest BCUT2D eigenvalue weighted by molar-refractivity contribution is -0.116. The first-order chi connectivity index (χ1) is 5.02. The summed E-state index contributed by atoms with van der Waals surface area (Å²) in [4.78, 5) is 10.5. The van der Waals surface area contributed by atoms with E-state index < -0.39 is 0 Å². The molecular weight excluding hydrogens is 138 g/mol. The average Bonchev–Trinajstić information content (AvgIpc) is 1.82. The zero-order valence-electron chi connectivity index (χ0n) is 7.18. The lowest BCUT2D eigenvalue weighted by Crippen LogP contribution is -1.98. The topological polar surface area (TPSA) is 43.1 Å². The van der Waals surface area contributed by atoms with Gasteiger partial charge in [-0.05, 0) is 13.8 Å². The average molecular weight is 153 g/mol. The number of allylic oxidation sites excluding steroid dienone is 2. The highest BCUT2D eigenvalue weighted by atomic mass is 16.1. The molecule has 0 bridgehead atoms. The summed E-state index contributed by atoms with van der Waals surface area (Å²) in [5, 5.41) is 0. The van der Waals surface area contributed by atoms with Crippen molar-refractivity contribution in [2.24, 2.45) is 5.73 Å². The second kappa shape index (κ2) is 4.72. The Morgan fingerprint density at radius 1 is 1.55 bits per heavy atom. The number of ketones is 1. The van der Waals surface area contributed by atoms with Gasteiger partial charge in [0.25, 0.3) is 0 Å². The zero-order valence-corrected chi connectivity index (χ0v) is 7.18. The van der Waals surface area contributed by atoms with E-state index in [1.54, 1.807) is 13.0 Å². The predicted molar refractivity (Wildman–Crippen MR) is 47.0 cm³/mol. The first kappa shape index (κ1) is 9.95. The molecule has 62 valence electrons. The fraction of sp³-hybridized carbons (Fsp3) is 0.444. The van der Waals surface area contributed by atoms with Crippen molar-refractivity contribution in [3.05, 3.63) is 23.9 Å². The Kier molecular flexibility index (Phi) is 4.27. The Hall–Kier alpha value is -1.05. The lowest BCUT2D eigenvalue weighted by atomic mass is 10.1. The number of hydrogen-bond donors (Lipinski definition) is 1. The van der Waals surface area contributed by atoms with Crippen LogP contribution in [0.3, 0.4) is 0 Å². The van der Waals surface area contributed by atoms with Crippen LogP contribution in [0, 0.1) is 0 Å². The largest absolute Gasteiger partial charge is 0.402 e. The number of carbonyl (C=O) groups excluding carboxylic acids is 1. The minimum Gasteiger partial charge on any atom is -0.402 e. The Morgan fingerprint density at radius 2 is 2.09 bits per heavy atom. The first-order valence-electron chi connectivity index (χ1n) is 3.60. The van der Waals surface area contributed by atoms with E-state index in [1.165, 1.54) is 0 Å². The van der Waals surface area contributed by atoms with E-state index in [0.717, 1.165) is 11.3 Å². The number of rotatable bonds is 4. The molecule has 0 saturated heterocycles. The molecule has 0 radical (unpaired) electrons. The van der Waals surface area contributed by atoms with Crippen LogP contribution in [0.15, 0.2) is 23.9 Å². The second-order valence-corrected chi connectivity index (χ2v) is 2.82. The quantitative estimate of drug-likeness (QED) is 0.625. The number of Topliss-reactive ketones (excluding diaryl/α,β-unsaturated/α-hetero) is 1. The van der Waals surface area contributed by atoms with Gasteiger partial charge < -0.3 is 5.73 Å². The van der Waals surface area contributed by atoms with Crippen LogP contribution < -0.4 is 5.73 Å². The van der Waals surface area contributed by atoms with Crippen LogP contribution in [0.1, 0.15) is 26.7 Å². The van der Waals surface area contributed by atoms with Gasteiger partial charge in [-0.1, -0.05) is 18.2 Å². The van der Waals surface area contributed by atoms with Crippen molar-refractivity contribution in [2.75, 3.05) is 0 Å². The van der Waals surface area contributed by atoms with Crippen molar-refractivity contribution in [3.8, 4) is 0 Å². The molecule has 2 nitrogen and oxygen atoms in total. The minimum absolute atomic E-state index is 0.134. The fourth-order valence-corrected chi connectivity index (χ4v) is 0.695. The normalized spacial score (nSPS) is 11.3.